The van der Waals surface area contributed by atoms with E-state index in [-0.39, 0.29) is 0 Å². The normalized spacial score (nSPS) is 60.5. The third-order valence-corrected chi connectivity index (χ3v) is 11.2. The number of rotatable bonds is 1. The molecule has 0 radical (unpaired) electrons. The van der Waals surface area contributed by atoms with Crippen molar-refractivity contribution in [3.05, 3.63) is 0 Å². The molecule has 0 aromatic carbocycles. The van der Waals surface area contributed by atoms with Crippen LogP contribution in [0.25, 0.3) is 0 Å². The molecule has 142 valence electrons. The Morgan fingerprint density at radius 2 is 0.960 bits per heavy atom. The van der Waals surface area contributed by atoms with Crippen LogP contribution in [-0.2, 0) is 0 Å². The monoisotopic (exact) mass is 342 g/mol. The van der Waals surface area contributed by atoms with Crippen LogP contribution in [0.4, 0.5) is 0 Å². The molecule has 25 heavy (non-hydrogen) atoms. The lowest BCUT2D eigenvalue weighted by atomic mass is 9.45. The van der Waals surface area contributed by atoms with E-state index in [1.807, 2.05) is 0 Å². The van der Waals surface area contributed by atoms with Crippen molar-refractivity contribution in [1.29, 1.82) is 0 Å². The molecule has 8 fully saturated rings. The Kier molecular flexibility index (Phi) is 4.11. The highest BCUT2D eigenvalue weighted by Crippen LogP contribution is 2.63. The zero-order valence-electron chi connectivity index (χ0n) is 17.3. The molecular formula is C25H42. The fraction of sp³-hybridized carbons (Fsp3) is 1.00. The molecule has 0 heterocycles. The van der Waals surface area contributed by atoms with Crippen molar-refractivity contribution in [3.8, 4) is 0 Å². The van der Waals surface area contributed by atoms with Crippen LogP contribution in [0.3, 0.4) is 0 Å². The molecule has 8 saturated carbocycles. The SMILES string of the molecule is CC1C2CC3CC1CC(C2)C3C.CCC1(C)C2CC3CC(C2)CC1C3. The highest BCUT2D eigenvalue weighted by molar-refractivity contribution is 5.03. The lowest BCUT2D eigenvalue weighted by Gasteiger charge is -2.60. The van der Waals surface area contributed by atoms with Gasteiger partial charge < -0.3 is 0 Å². The Bertz CT molecular complexity index is 426. The Morgan fingerprint density at radius 1 is 0.600 bits per heavy atom. The van der Waals surface area contributed by atoms with Gasteiger partial charge in [0.25, 0.3) is 0 Å². The van der Waals surface area contributed by atoms with E-state index in [1.165, 1.54) is 6.42 Å². The fourth-order valence-corrected chi connectivity index (χ4v) is 9.27. The molecule has 0 saturated heterocycles. The molecule has 0 heteroatoms. The summed E-state index contributed by atoms with van der Waals surface area (Å²) in [5.74, 6) is 11.2. The van der Waals surface area contributed by atoms with Crippen LogP contribution in [0.15, 0.2) is 0 Å². The summed E-state index contributed by atoms with van der Waals surface area (Å²) in [6.07, 6.45) is 15.7. The summed E-state index contributed by atoms with van der Waals surface area (Å²) < 4.78 is 0. The van der Waals surface area contributed by atoms with Crippen molar-refractivity contribution < 1.29 is 0 Å². The molecule has 8 aliphatic carbocycles. The van der Waals surface area contributed by atoms with Crippen LogP contribution in [0.5, 0.6) is 0 Å². The summed E-state index contributed by atoms with van der Waals surface area (Å²) in [7, 11) is 0. The minimum absolute atomic E-state index is 0.743. The first kappa shape index (κ1) is 17.1. The summed E-state index contributed by atoms with van der Waals surface area (Å²) in [4.78, 5) is 0. The van der Waals surface area contributed by atoms with E-state index in [2.05, 4.69) is 27.7 Å². The van der Waals surface area contributed by atoms with Gasteiger partial charge >= 0.3 is 0 Å². The molecule has 8 aliphatic rings. The molecule has 8 bridgehead atoms. The standard InChI is InChI=1S/C13H22.C12H20/c1-3-13(2)11-5-9-4-10(7-11)8-12(13)6-9;1-7-9-3-11-5-10(7)6-12(4-9)8(11)2/h9-12H,3-8H2,1-2H3;7-12H,3-6H2,1-2H3. The molecular weight excluding hydrogens is 300 g/mol. The summed E-state index contributed by atoms with van der Waals surface area (Å²) in [5.41, 5.74) is 0.743. The van der Waals surface area contributed by atoms with E-state index in [0.717, 1.165) is 64.6 Å². The van der Waals surface area contributed by atoms with Gasteiger partial charge in [0, 0.05) is 0 Å². The molecule has 0 aromatic rings. The van der Waals surface area contributed by atoms with Gasteiger partial charge in [-0.1, -0.05) is 34.1 Å². The van der Waals surface area contributed by atoms with E-state index >= 15 is 0 Å². The summed E-state index contributed by atoms with van der Waals surface area (Å²) in [5, 5.41) is 0. The van der Waals surface area contributed by atoms with Crippen LogP contribution in [-0.4, -0.2) is 0 Å². The Balaban J connectivity index is 0.000000112. The van der Waals surface area contributed by atoms with E-state index in [4.69, 9.17) is 0 Å². The van der Waals surface area contributed by atoms with Crippen molar-refractivity contribution in [2.24, 2.45) is 64.6 Å². The predicted octanol–water partition coefficient (Wildman–Crippen LogP) is 7.18. The summed E-state index contributed by atoms with van der Waals surface area (Å²) in [6.45, 7) is 10.0. The topological polar surface area (TPSA) is 0 Å². The summed E-state index contributed by atoms with van der Waals surface area (Å²) in [6, 6.07) is 0. The van der Waals surface area contributed by atoms with Gasteiger partial charge in [0.05, 0.1) is 0 Å². The fourth-order valence-electron chi connectivity index (χ4n) is 9.27. The van der Waals surface area contributed by atoms with Crippen molar-refractivity contribution in [2.75, 3.05) is 0 Å². The van der Waals surface area contributed by atoms with Gasteiger partial charge in [-0.25, -0.2) is 0 Å². The second-order valence-corrected chi connectivity index (χ2v) is 11.9. The van der Waals surface area contributed by atoms with Crippen LogP contribution in [0, 0.1) is 64.6 Å². The maximum Gasteiger partial charge on any atom is -0.0271 e. The molecule has 0 spiro atoms. The molecule has 0 unspecified atom stereocenters. The smallest absolute Gasteiger partial charge is 0.0271 e. The van der Waals surface area contributed by atoms with Gasteiger partial charge in [-0.15, -0.1) is 0 Å². The maximum absolute atomic E-state index is 2.58. The minimum atomic E-state index is 0.743. The average molecular weight is 343 g/mol. The van der Waals surface area contributed by atoms with E-state index in [1.54, 1.807) is 57.8 Å². The quantitative estimate of drug-likeness (QED) is 0.473. The third kappa shape index (κ3) is 2.59. The first-order chi connectivity index (χ1) is 12.0. The third-order valence-electron chi connectivity index (χ3n) is 11.2. The van der Waals surface area contributed by atoms with Crippen LogP contribution < -0.4 is 0 Å². The molecule has 0 amide bonds. The molecule has 8 rings (SSSR count). The highest BCUT2D eigenvalue weighted by Gasteiger charge is 2.53. The summed E-state index contributed by atoms with van der Waals surface area (Å²) >= 11 is 0. The zero-order chi connectivity index (χ0) is 17.3. The lowest BCUT2D eigenvalue weighted by Crippen LogP contribution is -2.51. The number of hydrogen-bond donors (Lipinski definition) is 0. The first-order valence-electron chi connectivity index (χ1n) is 12.0. The van der Waals surface area contributed by atoms with Gasteiger partial charge in [-0.05, 0) is 122 Å². The van der Waals surface area contributed by atoms with Gasteiger partial charge in [0.15, 0.2) is 0 Å². The Morgan fingerprint density at radius 3 is 1.28 bits per heavy atom. The maximum atomic E-state index is 2.58. The van der Waals surface area contributed by atoms with Crippen LogP contribution in [0.1, 0.15) is 91.9 Å². The molecule has 0 N–H and O–H groups in total. The second kappa shape index (κ2) is 6.00. The zero-order valence-corrected chi connectivity index (χ0v) is 17.3. The van der Waals surface area contributed by atoms with E-state index < -0.39 is 0 Å². The van der Waals surface area contributed by atoms with Gasteiger partial charge in [0.1, 0.15) is 0 Å². The van der Waals surface area contributed by atoms with Crippen LogP contribution in [0.2, 0.25) is 0 Å². The van der Waals surface area contributed by atoms with E-state index in [9.17, 15) is 0 Å². The molecule has 0 atom stereocenters. The van der Waals surface area contributed by atoms with Gasteiger partial charge in [-0.2, -0.15) is 0 Å². The van der Waals surface area contributed by atoms with Crippen LogP contribution >= 0.6 is 0 Å². The predicted molar refractivity (Wildman–Crippen MR) is 106 cm³/mol. The minimum Gasteiger partial charge on any atom is -0.0648 e. The van der Waals surface area contributed by atoms with Crippen molar-refractivity contribution in [1.82, 2.24) is 0 Å². The van der Waals surface area contributed by atoms with Gasteiger partial charge in [-0.3, -0.25) is 0 Å². The lowest BCUT2D eigenvalue weighted by molar-refractivity contribution is -0.1000. The number of hydrogen-bond acceptors (Lipinski definition) is 0. The Hall–Kier alpha value is 0. The van der Waals surface area contributed by atoms with Crippen molar-refractivity contribution in [3.63, 3.8) is 0 Å². The van der Waals surface area contributed by atoms with Gasteiger partial charge in [0.2, 0.25) is 0 Å². The second-order valence-electron chi connectivity index (χ2n) is 11.9. The Labute approximate surface area is 156 Å². The molecule has 0 aromatic heterocycles. The first-order valence-corrected chi connectivity index (χ1v) is 12.0. The molecule has 0 aliphatic heterocycles. The molecule has 0 nitrogen and oxygen atoms in total. The largest absolute Gasteiger partial charge is 0.0648 e. The van der Waals surface area contributed by atoms with Crippen molar-refractivity contribution in [2.45, 2.75) is 91.9 Å². The average Bonchev–Trinajstić information content (AvgIpc) is 2.58. The van der Waals surface area contributed by atoms with E-state index in [0.29, 0.717) is 0 Å². The highest BCUT2D eigenvalue weighted by atomic mass is 14.6. The van der Waals surface area contributed by atoms with Crippen molar-refractivity contribution >= 4 is 0 Å².